The second kappa shape index (κ2) is 12.4. The van der Waals surface area contributed by atoms with Crippen molar-refractivity contribution in [2.24, 2.45) is 0 Å². The molecule has 1 nitrogen and oxygen atoms in total. The number of hydrogen-bond donors (Lipinski definition) is 0. The summed E-state index contributed by atoms with van der Waals surface area (Å²) in [7, 11) is 0. The maximum atomic E-state index is 5.56. The molecule has 0 N–H and O–H groups in total. The smallest absolute Gasteiger partial charge is 0.0931 e. The zero-order valence-electron chi connectivity index (χ0n) is 12.8. The summed E-state index contributed by atoms with van der Waals surface area (Å²) in [6, 6.07) is 0. The Labute approximate surface area is 134 Å². The average molecular weight is 380 g/mol. The van der Waals surface area contributed by atoms with Gasteiger partial charge in [0.15, 0.2) is 0 Å². The number of hydrogen-bond acceptors (Lipinski definition) is 1. The van der Waals surface area contributed by atoms with Crippen LogP contribution in [0.5, 0.6) is 0 Å². The van der Waals surface area contributed by atoms with Gasteiger partial charge in [-0.15, -0.1) is 0 Å². The largest absolute Gasteiger partial charge is 0.369 e. The monoisotopic (exact) mass is 380 g/mol. The first-order chi connectivity index (χ1) is 9.38. The zero-order valence-corrected chi connectivity index (χ0v) is 15.0. The summed E-state index contributed by atoms with van der Waals surface area (Å²) in [5.74, 6) is 0. The molecule has 0 spiro atoms. The van der Waals surface area contributed by atoms with Gasteiger partial charge in [-0.25, -0.2) is 0 Å². The number of epoxide rings is 1. The number of ether oxygens (including phenoxy) is 1. The molecule has 0 aromatic rings. The standard InChI is InChI=1S/C17H33IO/c1-2-3-4-5-6-7-8-9-10-11-12-13-14-16-17(15-18)19-16/h16-17H,2-15H2,1H3/t16-,17-/m0/s1. The quantitative estimate of drug-likeness (QED) is 0.150. The molecule has 0 saturated carbocycles. The Hall–Kier alpha value is 0.690. The van der Waals surface area contributed by atoms with Gasteiger partial charge >= 0.3 is 0 Å². The Morgan fingerprint density at radius 2 is 1.16 bits per heavy atom. The van der Waals surface area contributed by atoms with Crippen LogP contribution in [0, 0.1) is 0 Å². The molecule has 0 aliphatic carbocycles. The normalized spacial score (nSPS) is 21.8. The van der Waals surface area contributed by atoms with Gasteiger partial charge < -0.3 is 4.74 Å². The highest BCUT2D eigenvalue weighted by molar-refractivity contribution is 14.1. The molecule has 1 saturated heterocycles. The van der Waals surface area contributed by atoms with E-state index in [0.29, 0.717) is 12.2 Å². The highest BCUT2D eigenvalue weighted by Crippen LogP contribution is 2.28. The average Bonchev–Trinajstić information content (AvgIpc) is 3.19. The van der Waals surface area contributed by atoms with Gasteiger partial charge in [0, 0.05) is 4.43 Å². The van der Waals surface area contributed by atoms with Crippen molar-refractivity contribution >= 4 is 22.6 Å². The molecule has 1 aliphatic heterocycles. The summed E-state index contributed by atoms with van der Waals surface area (Å²) >= 11 is 2.43. The Morgan fingerprint density at radius 1 is 0.684 bits per heavy atom. The minimum atomic E-state index is 0.605. The number of unbranched alkanes of at least 4 members (excludes halogenated alkanes) is 11. The fourth-order valence-corrected chi connectivity index (χ4v) is 3.53. The Morgan fingerprint density at radius 3 is 1.58 bits per heavy atom. The molecule has 0 aromatic carbocycles. The lowest BCUT2D eigenvalue weighted by molar-refractivity contribution is 0.366. The summed E-state index contributed by atoms with van der Waals surface area (Å²) in [5.41, 5.74) is 0. The van der Waals surface area contributed by atoms with Crippen LogP contribution in [-0.4, -0.2) is 16.6 Å². The van der Waals surface area contributed by atoms with E-state index in [0.717, 1.165) is 0 Å². The van der Waals surface area contributed by atoms with E-state index in [1.165, 1.54) is 87.9 Å². The van der Waals surface area contributed by atoms with Crippen molar-refractivity contribution in [2.45, 2.75) is 103 Å². The summed E-state index contributed by atoms with van der Waals surface area (Å²) in [6.45, 7) is 2.29. The van der Waals surface area contributed by atoms with E-state index >= 15 is 0 Å². The molecule has 2 atom stereocenters. The van der Waals surface area contributed by atoms with Gasteiger partial charge in [0.1, 0.15) is 0 Å². The van der Waals surface area contributed by atoms with Crippen LogP contribution in [0.25, 0.3) is 0 Å². The van der Waals surface area contributed by atoms with Crippen molar-refractivity contribution in [3.8, 4) is 0 Å². The lowest BCUT2D eigenvalue weighted by Crippen LogP contribution is -1.94. The molecule has 1 heterocycles. The fourth-order valence-electron chi connectivity index (χ4n) is 2.76. The van der Waals surface area contributed by atoms with E-state index in [-0.39, 0.29) is 0 Å². The van der Waals surface area contributed by atoms with Gasteiger partial charge in [0.25, 0.3) is 0 Å². The number of rotatable bonds is 14. The van der Waals surface area contributed by atoms with Crippen molar-refractivity contribution in [1.82, 2.24) is 0 Å². The van der Waals surface area contributed by atoms with E-state index in [4.69, 9.17) is 4.74 Å². The second-order valence-corrected chi connectivity index (χ2v) is 6.93. The van der Waals surface area contributed by atoms with Crippen LogP contribution in [0.1, 0.15) is 90.4 Å². The second-order valence-electron chi connectivity index (χ2n) is 6.05. The zero-order chi connectivity index (χ0) is 13.8. The molecule has 1 rings (SSSR count). The third kappa shape index (κ3) is 10.1. The van der Waals surface area contributed by atoms with E-state index in [1.54, 1.807) is 0 Å². The molecule has 0 aromatic heterocycles. The van der Waals surface area contributed by atoms with Gasteiger partial charge in [-0.2, -0.15) is 0 Å². The van der Waals surface area contributed by atoms with Crippen molar-refractivity contribution in [1.29, 1.82) is 0 Å². The minimum Gasteiger partial charge on any atom is -0.369 e. The van der Waals surface area contributed by atoms with E-state index in [2.05, 4.69) is 29.5 Å². The molecular formula is C17H33IO. The first-order valence-electron chi connectivity index (χ1n) is 8.60. The molecular weight excluding hydrogens is 347 g/mol. The molecule has 0 unspecified atom stereocenters. The Bertz CT molecular complexity index is 196. The summed E-state index contributed by atoms with van der Waals surface area (Å²) < 4.78 is 6.74. The molecule has 0 radical (unpaired) electrons. The first-order valence-corrected chi connectivity index (χ1v) is 10.1. The van der Waals surface area contributed by atoms with Crippen LogP contribution >= 0.6 is 22.6 Å². The predicted molar refractivity (Wildman–Crippen MR) is 93.2 cm³/mol. The lowest BCUT2D eigenvalue weighted by Gasteiger charge is -2.02. The third-order valence-electron chi connectivity index (χ3n) is 4.18. The number of alkyl halides is 1. The molecule has 1 fully saturated rings. The SMILES string of the molecule is CCCCCCCCCCCCCC[C@@H]1O[C@H]1CI. The van der Waals surface area contributed by atoms with Crippen molar-refractivity contribution in [2.75, 3.05) is 4.43 Å². The molecule has 1 aliphatic rings. The van der Waals surface area contributed by atoms with Crippen LogP contribution in [0.15, 0.2) is 0 Å². The van der Waals surface area contributed by atoms with Gasteiger partial charge in [-0.1, -0.05) is 107 Å². The first kappa shape index (κ1) is 17.7. The molecule has 19 heavy (non-hydrogen) atoms. The molecule has 2 heteroatoms. The molecule has 0 amide bonds. The number of halogens is 1. The maximum Gasteiger partial charge on any atom is 0.0931 e. The fraction of sp³-hybridized carbons (Fsp3) is 1.00. The predicted octanol–water partition coefficient (Wildman–Crippen LogP) is 6.28. The van der Waals surface area contributed by atoms with Crippen LogP contribution < -0.4 is 0 Å². The van der Waals surface area contributed by atoms with E-state index < -0.39 is 0 Å². The van der Waals surface area contributed by atoms with Crippen LogP contribution in [0.4, 0.5) is 0 Å². The summed E-state index contributed by atoms with van der Waals surface area (Å²) in [4.78, 5) is 0. The Kier molecular flexibility index (Phi) is 11.6. The summed E-state index contributed by atoms with van der Waals surface area (Å²) in [6.07, 6.45) is 19.8. The van der Waals surface area contributed by atoms with Crippen LogP contribution in [0.3, 0.4) is 0 Å². The van der Waals surface area contributed by atoms with Crippen molar-refractivity contribution < 1.29 is 4.74 Å². The third-order valence-corrected chi connectivity index (χ3v) is 5.05. The topological polar surface area (TPSA) is 12.5 Å². The van der Waals surface area contributed by atoms with Crippen molar-refractivity contribution in [3.63, 3.8) is 0 Å². The van der Waals surface area contributed by atoms with E-state index in [9.17, 15) is 0 Å². The highest BCUT2D eigenvalue weighted by atomic mass is 127. The van der Waals surface area contributed by atoms with Gasteiger partial charge in [0.2, 0.25) is 0 Å². The van der Waals surface area contributed by atoms with Gasteiger partial charge in [0.05, 0.1) is 12.2 Å². The van der Waals surface area contributed by atoms with Gasteiger partial charge in [-0.3, -0.25) is 0 Å². The summed E-state index contributed by atoms with van der Waals surface area (Å²) in [5, 5.41) is 0. The van der Waals surface area contributed by atoms with Crippen LogP contribution in [-0.2, 0) is 4.74 Å². The van der Waals surface area contributed by atoms with Gasteiger partial charge in [-0.05, 0) is 6.42 Å². The highest BCUT2D eigenvalue weighted by Gasteiger charge is 2.36. The van der Waals surface area contributed by atoms with Crippen molar-refractivity contribution in [3.05, 3.63) is 0 Å². The lowest BCUT2D eigenvalue weighted by atomic mass is 10.0. The van der Waals surface area contributed by atoms with Crippen LogP contribution in [0.2, 0.25) is 0 Å². The minimum absolute atomic E-state index is 0.605. The van der Waals surface area contributed by atoms with E-state index in [1.807, 2.05) is 0 Å². The maximum absolute atomic E-state index is 5.56. The Balaban J connectivity index is 1.65. The molecule has 114 valence electrons. The molecule has 0 bridgehead atoms.